The van der Waals surface area contributed by atoms with Crippen LogP contribution in [-0.2, 0) is 4.74 Å². The van der Waals surface area contributed by atoms with Crippen molar-refractivity contribution in [3.63, 3.8) is 0 Å². The number of nitrogens with one attached hydrogen (secondary N) is 1. The van der Waals surface area contributed by atoms with Gasteiger partial charge in [0, 0.05) is 0 Å². The Morgan fingerprint density at radius 3 is 2.14 bits per heavy atom. The van der Waals surface area contributed by atoms with E-state index >= 15 is 0 Å². The molecule has 0 atom stereocenters. The van der Waals surface area contributed by atoms with E-state index in [1.165, 1.54) is 25.7 Å². The standard InChI is InChI=1S/C29H42N2O4/c1-5-8-9-10-11-16-22-34-27-20-15-13-18-25(27)28(32)30-26-19-14-12-17-24(26)29(33)35-23-21-31(4,6-2)7-3/h12-15,17-20H,5-11,16,21-23H2,1-4H3/p+1. The Hall–Kier alpha value is -2.86. The Balaban J connectivity index is 1.98. The first kappa shape index (κ1) is 28.4. The van der Waals surface area contributed by atoms with Gasteiger partial charge in [0.25, 0.3) is 5.91 Å². The van der Waals surface area contributed by atoms with E-state index in [0.717, 1.165) is 37.0 Å². The molecule has 0 aliphatic carbocycles. The Morgan fingerprint density at radius 1 is 0.800 bits per heavy atom. The molecule has 0 bridgehead atoms. The lowest BCUT2D eigenvalue weighted by molar-refractivity contribution is -0.906. The summed E-state index contributed by atoms with van der Waals surface area (Å²) in [6.07, 6.45) is 7.06. The number of carbonyl (C=O) groups is 2. The van der Waals surface area contributed by atoms with Crippen LogP contribution in [0.5, 0.6) is 5.75 Å². The van der Waals surface area contributed by atoms with E-state index < -0.39 is 5.97 Å². The van der Waals surface area contributed by atoms with E-state index in [1.54, 1.807) is 30.3 Å². The van der Waals surface area contributed by atoms with E-state index in [2.05, 4.69) is 33.1 Å². The fraction of sp³-hybridized carbons (Fsp3) is 0.517. The lowest BCUT2D eigenvalue weighted by Gasteiger charge is -2.31. The molecule has 1 N–H and O–H groups in total. The summed E-state index contributed by atoms with van der Waals surface area (Å²) in [6.45, 7) is 10.1. The molecule has 35 heavy (non-hydrogen) atoms. The van der Waals surface area contributed by atoms with Crippen molar-refractivity contribution < 1.29 is 23.5 Å². The second-order valence-corrected chi connectivity index (χ2v) is 9.22. The van der Waals surface area contributed by atoms with Gasteiger partial charge >= 0.3 is 5.97 Å². The first-order valence-electron chi connectivity index (χ1n) is 13.1. The predicted octanol–water partition coefficient (Wildman–Crippen LogP) is 6.32. The smallest absolute Gasteiger partial charge is 0.340 e. The Kier molecular flexibility index (Phi) is 12.3. The number of esters is 1. The third-order valence-corrected chi connectivity index (χ3v) is 6.67. The number of hydrogen-bond acceptors (Lipinski definition) is 4. The second-order valence-electron chi connectivity index (χ2n) is 9.22. The van der Waals surface area contributed by atoms with Gasteiger partial charge in [-0.25, -0.2) is 4.79 Å². The van der Waals surface area contributed by atoms with Crippen LogP contribution in [-0.4, -0.2) is 56.3 Å². The van der Waals surface area contributed by atoms with Gasteiger partial charge in [-0.15, -0.1) is 0 Å². The summed E-state index contributed by atoms with van der Waals surface area (Å²) in [4.78, 5) is 25.9. The van der Waals surface area contributed by atoms with E-state index in [1.807, 2.05) is 18.2 Å². The monoisotopic (exact) mass is 483 g/mol. The van der Waals surface area contributed by atoms with Crippen molar-refractivity contribution in [1.82, 2.24) is 0 Å². The predicted molar refractivity (Wildman–Crippen MR) is 142 cm³/mol. The highest BCUT2D eigenvalue weighted by Crippen LogP contribution is 2.22. The zero-order valence-corrected chi connectivity index (χ0v) is 22.0. The minimum atomic E-state index is -0.438. The molecule has 0 aliphatic heterocycles. The molecule has 0 heterocycles. The fourth-order valence-electron chi connectivity index (χ4n) is 3.78. The fourth-order valence-corrected chi connectivity index (χ4v) is 3.78. The third-order valence-electron chi connectivity index (χ3n) is 6.67. The number of nitrogens with zero attached hydrogens (tertiary/aromatic N) is 1. The van der Waals surface area contributed by atoms with Gasteiger partial charge in [-0.3, -0.25) is 4.79 Å². The van der Waals surface area contributed by atoms with Crippen LogP contribution in [0.1, 0.15) is 80.0 Å². The van der Waals surface area contributed by atoms with Crippen molar-refractivity contribution in [3.8, 4) is 5.75 Å². The highest BCUT2D eigenvalue weighted by Gasteiger charge is 2.20. The van der Waals surface area contributed by atoms with Crippen molar-refractivity contribution >= 4 is 17.6 Å². The number of anilines is 1. The van der Waals surface area contributed by atoms with Crippen LogP contribution < -0.4 is 10.1 Å². The minimum Gasteiger partial charge on any atom is -0.493 e. The molecule has 0 saturated heterocycles. The molecule has 0 aromatic heterocycles. The molecule has 192 valence electrons. The summed E-state index contributed by atoms with van der Waals surface area (Å²) in [5.41, 5.74) is 1.21. The highest BCUT2D eigenvalue weighted by molar-refractivity contribution is 6.09. The molecular weight excluding hydrogens is 440 g/mol. The summed E-state index contributed by atoms with van der Waals surface area (Å²) < 4.78 is 12.3. The summed E-state index contributed by atoms with van der Waals surface area (Å²) in [7, 11) is 2.15. The van der Waals surface area contributed by atoms with Gasteiger partial charge in [-0.2, -0.15) is 0 Å². The number of benzene rings is 2. The molecule has 0 spiro atoms. The summed E-state index contributed by atoms with van der Waals surface area (Å²) in [5, 5.41) is 2.88. The molecule has 2 aromatic rings. The maximum absolute atomic E-state index is 13.1. The second kappa shape index (κ2) is 15.2. The van der Waals surface area contributed by atoms with Crippen molar-refractivity contribution in [3.05, 3.63) is 59.7 Å². The number of amides is 1. The van der Waals surface area contributed by atoms with Crippen LogP contribution in [0.4, 0.5) is 5.69 Å². The van der Waals surface area contributed by atoms with Crippen LogP contribution in [0.3, 0.4) is 0 Å². The lowest BCUT2D eigenvalue weighted by Crippen LogP contribution is -2.46. The Labute approximate surface area is 211 Å². The van der Waals surface area contributed by atoms with E-state index in [4.69, 9.17) is 9.47 Å². The maximum atomic E-state index is 13.1. The summed E-state index contributed by atoms with van der Waals surface area (Å²) in [6, 6.07) is 14.2. The van der Waals surface area contributed by atoms with Gasteiger partial charge in [-0.1, -0.05) is 63.3 Å². The molecule has 0 saturated carbocycles. The molecule has 0 fully saturated rings. The minimum absolute atomic E-state index is 0.315. The molecule has 0 aliphatic rings. The maximum Gasteiger partial charge on any atom is 0.340 e. The molecule has 2 aromatic carbocycles. The average Bonchev–Trinajstić information content (AvgIpc) is 2.88. The molecule has 2 rings (SSSR count). The Morgan fingerprint density at radius 2 is 1.43 bits per heavy atom. The van der Waals surface area contributed by atoms with Crippen molar-refractivity contribution in [1.29, 1.82) is 0 Å². The van der Waals surface area contributed by atoms with Crippen LogP contribution >= 0.6 is 0 Å². The van der Waals surface area contributed by atoms with Gasteiger partial charge in [-0.05, 0) is 44.5 Å². The van der Waals surface area contributed by atoms with Gasteiger partial charge in [0.2, 0.25) is 0 Å². The van der Waals surface area contributed by atoms with E-state index in [0.29, 0.717) is 35.8 Å². The van der Waals surface area contributed by atoms with Crippen molar-refractivity contribution in [2.75, 3.05) is 45.2 Å². The lowest BCUT2D eigenvalue weighted by atomic mass is 10.1. The number of carbonyl (C=O) groups excluding carboxylic acids is 2. The molecule has 0 radical (unpaired) electrons. The van der Waals surface area contributed by atoms with Gasteiger partial charge in [0.1, 0.15) is 18.9 Å². The summed E-state index contributed by atoms with van der Waals surface area (Å²) >= 11 is 0. The molecule has 6 nitrogen and oxygen atoms in total. The molecule has 1 amide bonds. The van der Waals surface area contributed by atoms with Crippen LogP contribution in [0.15, 0.2) is 48.5 Å². The molecular formula is C29H43N2O4+. The molecule has 6 heteroatoms. The van der Waals surface area contributed by atoms with Gasteiger partial charge < -0.3 is 19.3 Å². The number of likely N-dealkylation sites (N-methyl/N-ethyl adjacent to an activating group) is 1. The number of quaternary nitrogens is 1. The topological polar surface area (TPSA) is 64.6 Å². The molecule has 0 unspecified atom stereocenters. The van der Waals surface area contributed by atoms with Gasteiger partial charge in [0.05, 0.1) is 43.6 Å². The van der Waals surface area contributed by atoms with E-state index in [9.17, 15) is 9.59 Å². The first-order valence-corrected chi connectivity index (χ1v) is 13.1. The van der Waals surface area contributed by atoms with Crippen LogP contribution in [0.2, 0.25) is 0 Å². The third kappa shape index (κ3) is 9.36. The number of hydrogen-bond donors (Lipinski definition) is 1. The average molecular weight is 484 g/mol. The van der Waals surface area contributed by atoms with Crippen LogP contribution in [0.25, 0.3) is 0 Å². The van der Waals surface area contributed by atoms with Gasteiger partial charge in [0.15, 0.2) is 0 Å². The SMILES string of the molecule is CCCCCCCCOc1ccccc1C(=O)Nc1ccccc1C(=O)OCC[N+](C)(CC)CC. The van der Waals surface area contributed by atoms with E-state index in [-0.39, 0.29) is 5.91 Å². The number of ether oxygens (including phenoxy) is 2. The van der Waals surface area contributed by atoms with Crippen molar-refractivity contribution in [2.45, 2.75) is 59.3 Å². The largest absolute Gasteiger partial charge is 0.493 e. The number of rotatable bonds is 16. The number of para-hydroxylation sites is 2. The first-order chi connectivity index (χ1) is 16.9. The highest BCUT2D eigenvalue weighted by atomic mass is 16.5. The normalized spacial score (nSPS) is 11.2. The number of unbranched alkanes of at least 4 members (excludes halogenated alkanes) is 5. The zero-order chi connectivity index (χ0) is 25.5. The van der Waals surface area contributed by atoms with Crippen molar-refractivity contribution in [2.24, 2.45) is 0 Å². The zero-order valence-electron chi connectivity index (χ0n) is 22.0. The summed E-state index contributed by atoms with van der Waals surface area (Å²) in [5.74, 6) is -0.202. The quantitative estimate of drug-likeness (QED) is 0.172. The Bertz CT molecular complexity index is 924. The van der Waals surface area contributed by atoms with Crippen LogP contribution in [0, 0.1) is 0 Å².